The molecule has 0 aromatic heterocycles. The molecule has 3 nitrogen and oxygen atoms in total. The number of rotatable bonds is 6. The van der Waals surface area contributed by atoms with E-state index in [1.165, 1.54) is 18.6 Å². The van der Waals surface area contributed by atoms with Gasteiger partial charge >= 0.3 is 6.18 Å². The second-order valence-corrected chi connectivity index (χ2v) is 7.45. The van der Waals surface area contributed by atoms with Crippen molar-refractivity contribution < 1.29 is 23.0 Å². The van der Waals surface area contributed by atoms with Crippen LogP contribution in [-0.4, -0.2) is 24.8 Å². The van der Waals surface area contributed by atoms with Gasteiger partial charge in [0.25, 0.3) is 0 Å². The summed E-state index contributed by atoms with van der Waals surface area (Å²) in [5.41, 5.74) is -0.640. The predicted molar refractivity (Wildman–Crippen MR) is 108 cm³/mol. The van der Waals surface area contributed by atoms with Crippen molar-refractivity contribution in [2.24, 2.45) is 0 Å². The van der Waals surface area contributed by atoms with Crippen LogP contribution in [0.5, 0.6) is 5.75 Å². The fourth-order valence-corrected chi connectivity index (χ4v) is 3.98. The lowest BCUT2D eigenvalue weighted by atomic mass is 9.82. The molecule has 1 fully saturated rings. The zero-order chi connectivity index (χ0) is 21.1. The van der Waals surface area contributed by atoms with Gasteiger partial charge < -0.3 is 14.7 Å². The van der Waals surface area contributed by atoms with E-state index in [0.717, 1.165) is 43.8 Å². The standard InChI is InChI=1S/C23H28F3NO2/c1-3-22(28,17-9-8-10-18(15-17)23(24,25)26)20-12-11-19(16-21(20)29-4-2)27-13-6-5-7-14-27/h8-12,15-16,28H,3-7,13-14H2,1-2H3. The topological polar surface area (TPSA) is 32.7 Å². The van der Waals surface area contributed by atoms with E-state index in [4.69, 9.17) is 4.74 Å². The van der Waals surface area contributed by atoms with Crippen LogP contribution in [0.25, 0.3) is 0 Å². The van der Waals surface area contributed by atoms with Gasteiger partial charge in [-0.1, -0.05) is 25.1 Å². The maximum absolute atomic E-state index is 13.2. The molecule has 1 saturated heterocycles. The van der Waals surface area contributed by atoms with Crippen molar-refractivity contribution in [2.75, 3.05) is 24.6 Å². The van der Waals surface area contributed by atoms with Crippen LogP contribution in [-0.2, 0) is 11.8 Å². The molecule has 1 unspecified atom stereocenters. The van der Waals surface area contributed by atoms with E-state index >= 15 is 0 Å². The van der Waals surface area contributed by atoms with Gasteiger partial charge in [-0.25, -0.2) is 0 Å². The van der Waals surface area contributed by atoms with E-state index in [9.17, 15) is 18.3 Å². The minimum absolute atomic E-state index is 0.210. The summed E-state index contributed by atoms with van der Waals surface area (Å²) in [5.74, 6) is 0.511. The summed E-state index contributed by atoms with van der Waals surface area (Å²) >= 11 is 0. The van der Waals surface area contributed by atoms with Gasteiger partial charge in [0.2, 0.25) is 0 Å². The van der Waals surface area contributed by atoms with Crippen LogP contribution in [0.4, 0.5) is 18.9 Å². The molecule has 1 N–H and O–H groups in total. The van der Waals surface area contributed by atoms with E-state index in [0.29, 0.717) is 17.9 Å². The van der Waals surface area contributed by atoms with Gasteiger partial charge in [-0.05, 0) is 56.4 Å². The summed E-state index contributed by atoms with van der Waals surface area (Å²) in [6.45, 7) is 5.95. The highest BCUT2D eigenvalue weighted by Crippen LogP contribution is 2.42. The maximum atomic E-state index is 13.2. The number of hydrogen-bond acceptors (Lipinski definition) is 3. The lowest BCUT2D eigenvalue weighted by Crippen LogP contribution is -2.30. The van der Waals surface area contributed by atoms with Gasteiger partial charge in [0, 0.05) is 30.4 Å². The van der Waals surface area contributed by atoms with Crippen LogP contribution in [0.2, 0.25) is 0 Å². The Hall–Kier alpha value is -2.21. The second kappa shape index (κ2) is 8.66. The van der Waals surface area contributed by atoms with Gasteiger partial charge in [-0.15, -0.1) is 0 Å². The number of benzene rings is 2. The number of ether oxygens (including phenoxy) is 1. The Morgan fingerprint density at radius 3 is 2.28 bits per heavy atom. The molecule has 1 atom stereocenters. The third-order valence-electron chi connectivity index (χ3n) is 5.61. The number of aliphatic hydroxyl groups is 1. The number of alkyl halides is 3. The fourth-order valence-electron chi connectivity index (χ4n) is 3.98. The number of nitrogens with zero attached hydrogens (tertiary/aromatic N) is 1. The average molecular weight is 407 g/mol. The van der Waals surface area contributed by atoms with Crippen LogP contribution in [0.1, 0.15) is 56.2 Å². The molecule has 1 aliphatic rings. The molecule has 0 bridgehead atoms. The Labute approximate surface area is 170 Å². The van der Waals surface area contributed by atoms with Crippen LogP contribution in [0.3, 0.4) is 0 Å². The SMILES string of the molecule is CCOc1cc(N2CCCCC2)ccc1C(O)(CC)c1cccc(C(F)(F)F)c1. The van der Waals surface area contributed by atoms with Gasteiger partial charge in [0.05, 0.1) is 12.2 Å². The van der Waals surface area contributed by atoms with Gasteiger partial charge in [-0.2, -0.15) is 13.2 Å². The highest BCUT2D eigenvalue weighted by molar-refractivity contribution is 5.57. The van der Waals surface area contributed by atoms with Gasteiger partial charge in [0.1, 0.15) is 11.4 Å². The van der Waals surface area contributed by atoms with E-state index in [1.807, 2.05) is 19.1 Å². The molecule has 3 rings (SSSR count). The Balaban J connectivity index is 2.05. The molecule has 0 aliphatic carbocycles. The third-order valence-corrected chi connectivity index (χ3v) is 5.61. The summed E-state index contributed by atoms with van der Waals surface area (Å²) in [6.07, 6.45) is -0.759. The monoisotopic (exact) mass is 407 g/mol. The van der Waals surface area contributed by atoms with Crippen molar-refractivity contribution in [3.63, 3.8) is 0 Å². The van der Waals surface area contributed by atoms with E-state index in [-0.39, 0.29) is 12.0 Å². The van der Waals surface area contributed by atoms with E-state index in [2.05, 4.69) is 4.90 Å². The minimum atomic E-state index is -4.47. The quantitative estimate of drug-likeness (QED) is 0.663. The summed E-state index contributed by atoms with van der Waals surface area (Å²) in [6, 6.07) is 10.5. The number of anilines is 1. The number of halogens is 3. The molecule has 6 heteroatoms. The summed E-state index contributed by atoms with van der Waals surface area (Å²) < 4.78 is 45.5. The molecular formula is C23H28F3NO2. The first-order valence-corrected chi connectivity index (χ1v) is 10.2. The molecular weight excluding hydrogens is 379 g/mol. The van der Waals surface area contributed by atoms with Crippen molar-refractivity contribution in [1.82, 2.24) is 0 Å². The molecule has 2 aromatic carbocycles. The van der Waals surface area contributed by atoms with Crippen LogP contribution >= 0.6 is 0 Å². The summed E-state index contributed by atoms with van der Waals surface area (Å²) in [7, 11) is 0. The third kappa shape index (κ3) is 4.53. The van der Waals surface area contributed by atoms with Crippen molar-refractivity contribution in [2.45, 2.75) is 51.3 Å². The molecule has 29 heavy (non-hydrogen) atoms. The highest BCUT2D eigenvalue weighted by atomic mass is 19.4. The first-order chi connectivity index (χ1) is 13.8. The van der Waals surface area contributed by atoms with Crippen molar-refractivity contribution in [1.29, 1.82) is 0 Å². The van der Waals surface area contributed by atoms with Crippen LogP contribution in [0.15, 0.2) is 42.5 Å². The Morgan fingerprint density at radius 1 is 0.966 bits per heavy atom. The van der Waals surface area contributed by atoms with Gasteiger partial charge in [-0.3, -0.25) is 0 Å². The molecule has 0 saturated carbocycles. The Kier molecular flexibility index (Phi) is 6.42. The summed E-state index contributed by atoms with van der Waals surface area (Å²) in [4.78, 5) is 2.28. The lowest BCUT2D eigenvalue weighted by molar-refractivity contribution is -0.137. The Bertz CT molecular complexity index is 831. The molecule has 158 valence electrons. The molecule has 2 aromatic rings. The number of hydrogen-bond donors (Lipinski definition) is 1. The van der Waals surface area contributed by atoms with E-state index < -0.39 is 17.3 Å². The maximum Gasteiger partial charge on any atom is 0.416 e. The molecule has 0 amide bonds. The molecule has 0 radical (unpaired) electrons. The lowest BCUT2D eigenvalue weighted by Gasteiger charge is -2.33. The largest absolute Gasteiger partial charge is 0.493 e. The fraction of sp³-hybridized carbons (Fsp3) is 0.478. The summed E-state index contributed by atoms with van der Waals surface area (Å²) in [5, 5.41) is 11.5. The second-order valence-electron chi connectivity index (χ2n) is 7.45. The first kappa shape index (κ1) is 21.5. The highest BCUT2D eigenvalue weighted by Gasteiger charge is 2.36. The van der Waals surface area contributed by atoms with Gasteiger partial charge in [0.15, 0.2) is 0 Å². The zero-order valence-electron chi connectivity index (χ0n) is 16.9. The average Bonchev–Trinajstić information content (AvgIpc) is 2.73. The molecule has 1 aliphatic heterocycles. The Morgan fingerprint density at radius 2 is 1.66 bits per heavy atom. The van der Waals surface area contributed by atoms with Crippen molar-refractivity contribution in [3.05, 3.63) is 59.2 Å². The predicted octanol–water partition coefficient (Wildman–Crippen LogP) is 5.74. The smallest absolute Gasteiger partial charge is 0.416 e. The minimum Gasteiger partial charge on any atom is -0.493 e. The molecule has 0 spiro atoms. The first-order valence-electron chi connectivity index (χ1n) is 10.2. The molecule has 1 heterocycles. The van der Waals surface area contributed by atoms with Crippen LogP contribution < -0.4 is 9.64 Å². The normalized spacial score (nSPS) is 17.1. The zero-order valence-corrected chi connectivity index (χ0v) is 16.9. The number of piperidine rings is 1. The van der Waals surface area contributed by atoms with Crippen LogP contribution in [0, 0.1) is 0 Å². The van der Waals surface area contributed by atoms with E-state index in [1.54, 1.807) is 13.0 Å². The van der Waals surface area contributed by atoms with Crippen molar-refractivity contribution in [3.8, 4) is 5.75 Å². The van der Waals surface area contributed by atoms with Crippen molar-refractivity contribution >= 4 is 5.69 Å².